The fraction of sp³-hybridized carbons (Fsp3) is 0.320. The molecule has 0 bridgehead atoms. The van der Waals surface area contributed by atoms with Crippen molar-refractivity contribution in [2.75, 3.05) is 23.8 Å². The van der Waals surface area contributed by atoms with Crippen LogP contribution in [0, 0.1) is 5.92 Å². The summed E-state index contributed by atoms with van der Waals surface area (Å²) in [5.41, 5.74) is 4.94. The summed E-state index contributed by atoms with van der Waals surface area (Å²) in [6.07, 6.45) is 2.29. The number of rotatable bonds is 7. The highest BCUT2D eigenvalue weighted by molar-refractivity contribution is 6.01. The van der Waals surface area contributed by atoms with Crippen LogP contribution >= 0.6 is 0 Å². The van der Waals surface area contributed by atoms with Crippen molar-refractivity contribution in [3.63, 3.8) is 0 Å². The van der Waals surface area contributed by atoms with Crippen molar-refractivity contribution in [3.05, 3.63) is 65.9 Å². The van der Waals surface area contributed by atoms with E-state index in [4.69, 9.17) is 4.98 Å². The van der Waals surface area contributed by atoms with E-state index < -0.39 is 6.23 Å². The van der Waals surface area contributed by atoms with E-state index in [1.165, 1.54) is 0 Å². The summed E-state index contributed by atoms with van der Waals surface area (Å²) in [4.78, 5) is 23.4. The molecule has 4 rings (SSSR count). The van der Waals surface area contributed by atoms with E-state index in [2.05, 4.69) is 29.5 Å². The van der Waals surface area contributed by atoms with Crippen molar-refractivity contribution >= 4 is 23.2 Å². The predicted octanol–water partition coefficient (Wildman–Crippen LogP) is 4.03. The number of aromatic nitrogens is 2. The van der Waals surface area contributed by atoms with Crippen LogP contribution in [0.5, 0.6) is 0 Å². The Labute approximate surface area is 188 Å². The molecular weight excluding hydrogens is 402 g/mol. The molecule has 0 saturated heterocycles. The van der Waals surface area contributed by atoms with Crippen LogP contribution in [-0.2, 0) is 11.2 Å². The Hall–Kier alpha value is -3.29. The summed E-state index contributed by atoms with van der Waals surface area (Å²) >= 11 is 0. The molecule has 3 aromatic rings. The number of hydrogen-bond donors (Lipinski definition) is 3. The summed E-state index contributed by atoms with van der Waals surface area (Å²) in [7, 11) is 1.79. The van der Waals surface area contributed by atoms with Gasteiger partial charge in [-0.15, -0.1) is 0 Å². The van der Waals surface area contributed by atoms with Crippen molar-refractivity contribution in [3.8, 4) is 11.3 Å². The number of amides is 1. The van der Waals surface area contributed by atoms with Crippen LogP contribution in [0.15, 0.2) is 54.7 Å². The molecule has 7 heteroatoms. The first-order valence-corrected chi connectivity index (χ1v) is 10.9. The number of likely N-dealkylation sites (N-methyl/N-ethyl adjacent to an activating group) is 1. The number of benzene rings is 2. The average molecular weight is 432 g/mol. The number of hydrogen-bond acceptors (Lipinski definition) is 6. The second-order valence-corrected chi connectivity index (χ2v) is 8.50. The van der Waals surface area contributed by atoms with Gasteiger partial charge in [-0.3, -0.25) is 10.1 Å². The molecule has 1 aliphatic rings. The lowest BCUT2D eigenvalue weighted by molar-refractivity contribution is -0.117. The second kappa shape index (κ2) is 9.46. The maximum atomic E-state index is 12.5. The van der Waals surface area contributed by atoms with Gasteiger partial charge in [0, 0.05) is 30.1 Å². The highest BCUT2D eigenvalue weighted by atomic mass is 16.3. The number of para-hydroxylation sites is 1. The third-order valence-electron chi connectivity index (χ3n) is 5.64. The Balaban J connectivity index is 1.52. The lowest BCUT2D eigenvalue weighted by Gasteiger charge is -2.17. The SMILES string of the molecule is CC(C)CCNC(O)c1ccc(Nc2ncc3c(n2)-c2ccccc2N(C)C(=O)C3)cc1. The first-order valence-electron chi connectivity index (χ1n) is 10.9. The van der Waals surface area contributed by atoms with Crippen molar-refractivity contribution in [1.29, 1.82) is 0 Å². The smallest absolute Gasteiger partial charge is 0.231 e. The van der Waals surface area contributed by atoms with Gasteiger partial charge in [0.25, 0.3) is 0 Å². The Kier molecular flexibility index (Phi) is 6.48. The van der Waals surface area contributed by atoms with Gasteiger partial charge < -0.3 is 15.3 Å². The van der Waals surface area contributed by atoms with Gasteiger partial charge in [-0.05, 0) is 42.6 Å². The largest absolute Gasteiger partial charge is 0.374 e. The standard InChI is InChI=1S/C25H29N5O2/c1-16(2)12-13-26-24(32)17-8-10-19(11-9-17)28-25-27-15-18-14-22(31)30(3)21-7-5-4-6-20(21)23(18)29-25/h4-11,15-16,24,26,32H,12-14H2,1-3H3,(H,27,28,29). The molecule has 0 fully saturated rings. The fourth-order valence-electron chi connectivity index (χ4n) is 3.72. The van der Waals surface area contributed by atoms with E-state index in [1.54, 1.807) is 18.1 Å². The molecule has 0 spiro atoms. The molecule has 1 aromatic heterocycles. The molecule has 2 heterocycles. The molecule has 1 aliphatic heterocycles. The third-order valence-corrected chi connectivity index (χ3v) is 5.64. The minimum Gasteiger partial charge on any atom is -0.374 e. The second-order valence-electron chi connectivity index (χ2n) is 8.50. The van der Waals surface area contributed by atoms with Crippen molar-refractivity contribution < 1.29 is 9.90 Å². The third kappa shape index (κ3) is 4.79. The van der Waals surface area contributed by atoms with E-state index in [0.717, 1.165) is 46.7 Å². The van der Waals surface area contributed by atoms with E-state index in [9.17, 15) is 9.90 Å². The van der Waals surface area contributed by atoms with Crippen molar-refractivity contribution in [2.45, 2.75) is 32.9 Å². The number of carbonyl (C=O) groups is 1. The zero-order chi connectivity index (χ0) is 22.7. The zero-order valence-corrected chi connectivity index (χ0v) is 18.7. The highest BCUT2D eigenvalue weighted by Crippen LogP contribution is 2.35. The lowest BCUT2D eigenvalue weighted by Crippen LogP contribution is -2.26. The number of nitrogens with zero attached hydrogens (tertiary/aromatic N) is 3. The minimum atomic E-state index is -0.697. The molecule has 7 nitrogen and oxygen atoms in total. The Morgan fingerprint density at radius 2 is 1.88 bits per heavy atom. The number of carbonyl (C=O) groups excluding carboxylic acids is 1. The number of aliphatic hydroxyl groups excluding tert-OH is 1. The van der Waals surface area contributed by atoms with Crippen LogP contribution in [0.3, 0.4) is 0 Å². The molecule has 0 saturated carbocycles. The van der Waals surface area contributed by atoms with Crippen LogP contribution in [0.2, 0.25) is 0 Å². The number of aliphatic hydroxyl groups is 1. The maximum absolute atomic E-state index is 12.5. The summed E-state index contributed by atoms with van der Waals surface area (Å²) in [6.45, 7) is 5.09. The average Bonchev–Trinajstić information content (AvgIpc) is 2.89. The Bertz CT molecular complexity index is 1100. The first kappa shape index (κ1) is 21.9. The summed E-state index contributed by atoms with van der Waals surface area (Å²) in [5.74, 6) is 1.06. The molecule has 0 aliphatic carbocycles. The van der Waals surface area contributed by atoms with Crippen LogP contribution in [0.4, 0.5) is 17.3 Å². The van der Waals surface area contributed by atoms with Crippen LogP contribution in [0.25, 0.3) is 11.3 Å². The molecular formula is C25H29N5O2. The normalized spacial score (nSPS) is 14.0. The Morgan fingerprint density at radius 1 is 1.12 bits per heavy atom. The van der Waals surface area contributed by atoms with Gasteiger partial charge in [-0.1, -0.05) is 44.2 Å². The first-order chi connectivity index (χ1) is 15.4. The summed E-state index contributed by atoms with van der Waals surface area (Å²) < 4.78 is 0. The van der Waals surface area contributed by atoms with E-state index in [1.807, 2.05) is 48.5 Å². The number of fused-ring (bicyclic) bond motifs is 3. The summed E-state index contributed by atoms with van der Waals surface area (Å²) in [5, 5.41) is 16.7. The van der Waals surface area contributed by atoms with Gasteiger partial charge in [-0.25, -0.2) is 9.97 Å². The van der Waals surface area contributed by atoms with Gasteiger partial charge in [-0.2, -0.15) is 0 Å². The van der Waals surface area contributed by atoms with Crippen molar-refractivity contribution in [2.24, 2.45) is 5.92 Å². The molecule has 32 heavy (non-hydrogen) atoms. The topological polar surface area (TPSA) is 90.4 Å². The molecule has 1 amide bonds. The molecule has 1 atom stereocenters. The quantitative estimate of drug-likeness (QED) is 0.489. The van der Waals surface area contributed by atoms with Crippen LogP contribution < -0.4 is 15.5 Å². The number of anilines is 3. The Morgan fingerprint density at radius 3 is 2.62 bits per heavy atom. The molecule has 0 radical (unpaired) electrons. The van der Waals surface area contributed by atoms with E-state index in [0.29, 0.717) is 11.9 Å². The molecule has 166 valence electrons. The molecule has 2 aromatic carbocycles. The van der Waals surface area contributed by atoms with Crippen LogP contribution in [0.1, 0.15) is 37.6 Å². The fourth-order valence-corrected chi connectivity index (χ4v) is 3.72. The van der Waals surface area contributed by atoms with Gasteiger partial charge in [0.2, 0.25) is 11.9 Å². The summed E-state index contributed by atoms with van der Waals surface area (Å²) in [6, 6.07) is 15.3. The lowest BCUT2D eigenvalue weighted by atomic mass is 10.1. The van der Waals surface area contributed by atoms with Gasteiger partial charge in [0.15, 0.2) is 0 Å². The minimum absolute atomic E-state index is 0.0108. The zero-order valence-electron chi connectivity index (χ0n) is 18.7. The monoisotopic (exact) mass is 431 g/mol. The van der Waals surface area contributed by atoms with Gasteiger partial charge in [0.05, 0.1) is 17.8 Å². The maximum Gasteiger partial charge on any atom is 0.231 e. The van der Waals surface area contributed by atoms with Crippen molar-refractivity contribution in [1.82, 2.24) is 15.3 Å². The molecule has 1 unspecified atom stereocenters. The van der Waals surface area contributed by atoms with Gasteiger partial charge >= 0.3 is 0 Å². The highest BCUT2D eigenvalue weighted by Gasteiger charge is 2.24. The van der Waals surface area contributed by atoms with E-state index >= 15 is 0 Å². The van der Waals surface area contributed by atoms with E-state index in [-0.39, 0.29) is 12.3 Å². The number of nitrogens with one attached hydrogen (secondary N) is 2. The molecule has 3 N–H and O–H groups in total. The van der Waals surface area contributed by atoms with Gasteiger partial charge in [0.1, 0.15) is 6.23 Å². The predicted molar refractivity (Wildman–Crippen MR) is 127 cm³/mol. The van der Waals surface area contributed by atoms with Crippen LogP contribution in [-0.4, -0.2) is 34.6 Å².